The van der Waals surface area contributed by atoms with Crippen LogP contribution in [0.3, 0.4) is 0 Å². The van der Waals surface area contributed by atoms with Crippen molar-refractivity contribution in [2.75, 3.05) is 13.2 Å². The number of amides is 1. The van der Waals surface area contributed by atoms with Crippen molar-refractivity contribution in [1.29, 1.82) is 0 Å². The number of ether oxygens (including phenoxy) is 1. The highest BCUT2D eigenvalue weighted by atomic mass is 79.9. The minimum atomic E-state index is -0.357. The predicted octanol–water partition coefficient (Wildman–Crippen LogP) is 2.88. The van der Waals surface area contributed by atoms with Crippen molar-refractivity contribution in [2.24, 2.45) is 0 Å². The fraction of sp³-hybridized carbons (Fsp3) is 0.417. The molecule has 0 spiro atoms. The highest BCUT2D eigenvalue weighted by molar-refractivity contribution is 9.10. The Balaban J connectivity index is 2.34. The second-order valence-electron chi connectivity index (χ2n) is 3.57. The summed E-state index contributed by atoms with van der Waals surface area (Å²) < 4.78 is 18.5. The van der Waals surface area contributed by atoms with Crippen LogP contribution < -0.4 is 10.1 Å². The molecule has 17 heavy (non-hydrogen) atoms. The third-order valence-corrected chi connectivity index (χ3v) is 2.72. The van der Waals surface area contributed by atoms with Crippen molar-refractivity contribution < 1.29 is 13.9 Å². The molecular weight excluding hydrogens is 289 g/mol. The molecule has 0 heterocycles. The first-order valence-electron chi connectivity index (χ1n) is 5.48. The van der Waals surface area contributed by atoms with Crippen LogP contribution in [0.15, 0.2) is 22.7 Å². The van der Waals surface area contributed by atoms with Gasteiger partial charge in [0.2, 0.25) is 0 Å². The maximum absolute atomic E-state index is 12.9. The molecule has 3 nitrogen and oxygen atoms in total. The quantitative estimate of drug-likeness (QED) is 0.821. The number of carbonyl (C=O) groups excluding carboxylic acids is 1. The van der Waals surface area contributed by atoms with Gasteiger partial charge in [-0.2, -0.15) is 0 Å². The summed E-state index contributed by atoms with van der Waals surface area (Å²) in [6.45, 7) is 2.66. The monoisotopic (exact) mass is 303 g/mol. The van der Waals surface area contributed by atoms with Gasteiger partial charge in [0.25, 0.3) is 5.91 Å². The number of rotatable bonds is 6. The average molecular weight is 304 g/mol. The molecule has 0 saturated heterocycles. The van der Waals surface area contributed by atoms with Crippen LogP contribution in [0.2, 0.25) is 0 Å². The lowest BCUT2D eigenvalue weighted by atomic mass is 10.3. The van der Waals surface area contributed by atoms with E-state index in [0.29, 0.717) is 16.8 Å². The fourth-order valence-electron chi connectivity index (χ4n) is 1.17. The molecule has 0 radical (unpaired) electrons. The van der Waals surface area contributed by atoms with Crippen molar-refractivity contribution in [3.63, 3.8) is 0 Å². The molecule has 1 N–H and O–H groups in total. The van der Waals surface area contributed by atoms with Gasteiger partial charge in [-0.3, -0.25) is 4.79 Å². The summed E-state index contributed by atoms with van der Waals surface area (Å²) in [7, 11) is 0. The zero-order valence-corrected chi connectivity index (χ0v) is 11.2. The van der Waals surface area contributed by atoms with Crippen LogP contribution in [-0.4, -0.2) is 19.1 Å². The summed E-state index contributed by atoms with van der Waals surface area (Å²) >= 11 is 3.05. The molecule has 1 amide bonds. The van der Waals surface area contributed by atoms with Crippen molar-refractivity contribution in [3.8, 4) is 5.75 Å². The molecule has 1 aromatic rings. The number of unbranched alkanes of at least 4 members (excludes halogenated alkanes) is 1. The third kappa shape index (κ3) is 5.17. The lowest BCUT2D eigenvalue weighted by Gasteiger charge is -2.07. The van der Waals surface area contributed by atoms with Crippen LogP contribution in [-0.2, 0) is 4.79 Å². The summed E-state index contributed by atoms with van der Waals surface area (Å²) in [4.78, 5) is 11.3. The highest BCUT2D eigenvalue weighted by Gasteiger charge is 2.04. The van der Waals surface area contributed by atoms with E-state index in [1.807, 2.05) is 0 Å². The van der Waals surface area contributed by atoms with Gasteiger partial charge in [0, 0.05) is 6.54 Å². The number of hydrogen-bond acceptors (Lipinski definition) is 2. The Morgan fingerprint density at radius 2 is 2.29 bits per heavy atom. The SMILES string of the molecule is CCCCNC(=O)COc1ccc(F)c(Br)c1. The van der Waals surface area contributed by atoms with Crippen molar-refractivity contribution in [3.05, 3.63) is 28.5 Å². The molecule has 1 rings (SSSR count). The third-order valence-electron chi connectivity index (χ3n) is 2.11. The summed E-state index contributed by atoms with van der Waals surface area (Å²) in [5, 5.41) is 2.73. The number of halogens is 2. The predicted molar refractivity (Wildman–Crippen MR) is 67.5 cm³/mol. The Bertz CT molecular complexity index is 385. The molecular formula is C12H15BrFNO2. The van der Waals surface area contributed by atoms with E-state index in [9.17, 15) is 9.18 Å². The molecule has 94 valence electrons. The van der Waals surface area contributed by atoms with Crippen LogP contribution in [0.4, 0.5) is 4.39 Å². The Morgan fingerprint density at radius 1 is 1.53 bits per heavy atom. The van der Waals surface area contributed by atoms with Gasteiger partial charge in [0.15, 0.2) is 6.61 Å². The summed E-state index contributed by atoms with van der Waals surface area (Å²) in [6, 6.07) is 4.27. The van der Waals surface area contributed by atoms with Crippen LogP contribution in [0.25, 0.3) is 0 Å². The van der Waals surface area contributed by atoms with E-state index in [1.165, 1.54) is 18.2 Å². The van der Waals surface area contributed by atoms with E-state index in [-0.39, 0.29) is 18.3 Å². The number of benzene rings is 1. The lowest BCUT2D eigenvalue weighted by molar-refractivity contribution is -0.123. The van der Waals surface area contributed by atoms with E-state index < -0.39 is 0 Å². The first kappa shape index (κ1) is 14.0. The first-order valence-corrected chi connectivity index (χ1v) is 6.27. The highest BCUT2D eigenvalue weighted by Crippen LogP contribution is 2.21. The molecule has 0 aliphatic rings. The largest absolute Gasteiger partial charge is 0.484 e. The normalized spacial score (nSPS) is 10.1. The van der Waals surface area contributed by atoms with E-state index in [2.05, 4.69) is 28.2 Å². The van der Waals surface area contributed by atoms with Gasteiger partial charge < -0.3 is 10.1 Å². The zero-order valence-electron chi connectivity index (χ0n) is 9.63. The minimum absolute atomic E-state index is 0.0538. The molecule has 0 aliphatic carbocycles. The number of carbonyl (C=O) groups is 1. The van der Waals surface area contributed by atoms with Crippen LogP contribution in [0.1, 0.15) is 19.8 Å². The summed E-state index contributed by atoms with van der Waals surface area (Å²) in [6.07, 6.45) is 1.99. The van der Waals surface area contributed by atoms with Gasteiger partial charge in [-0.05, 0) is 40.5 Å². The Morgan fingerprint density at radius 3 is 2.94 bits per heavy atom. The Kier molecular flexibility index (Phi) is 5.97. The summed E-state index contributed by atoms with van der Waals surface area (Å²) in [5.41, 5.74) is 0. The second-order valence-corrected chi connectivity index (χ2v) is 4.42. The molecule has 5 heteroatoms. The molecule has 0 fully saturated rings. The van der Waals surface area contributed by atoms with Crippen molar-refractivity contribution in [2.45, 2.75) is 19.8 Å². The Hall–Kier alpha value is -1.10. The molecule has 0 atom stereocenters. The molecule has 0 bridgehead atoms. The second kappa shape index (κ2) is 7.27. The minimum Gasteiger partial charge on any atom is -0.484 e. The fourth-order valence-corrected chi connectivity index (χ4v) is 1.53. The van der Waals surface area contributed by atoms with Gasteiger partial charge in [-0.1, -0.05) is 13.3 Å². The molecule has 0 aliphatic heterocycles. The van der Waals surface area contributed by atoms with Crippen LogP contribution >= 0.6 is 15.9 Å². The number of hydrogen-bond donors (Lipinski definition) is 1. The maximum Gasteiger partial charge on any atom is 0.257 e. The van der Waals surface area contributed by atoms with E-state index >= 15 is 0 Å². The first-order chi connectivity index (χ1) is 8.13. The maximum atomic E-state index is 12.9. The Labute approximate surface area is 108 Å². The van der Waals surface area contributed by atoms with E-state index in [1.54, 1.807) is 0 Å². The molecule has 1 aromatic carbocycles. The molecule has 0 saturated carbocycles. The smallest absolute Gasteiger partial charge is 0.257 e. The van der Waals surface area contributed by atoms with Crippen molar-refractivity contribution in [1.82, 2.24) is 5.32 Å². The lowest BCUT2D eigenvalue weighted by Crippen LogP contribution is -2.29. The number of nitrogens with one attached hydrogen (secondary N) is 1. The van der Waals surface area contributed by atoms with Crippen LogP contribution in [0.5, 0.6) is 5.75 Å². The molecule has 0 unspecified atom stereocenters. The standard InChI is InChI=1S/C12H15BrFNO2/c1-2-3-6-15-12(16)8-17-9-4-5-11(14)10(13)7-9/h4-5,7H,2-3,6,8H2,1H3,(H,15,16). The van der Waals surface area contributed by atoms with Crippen molar-refractivity contribution >= 4 is 21.8 Å². The van der Waals surface area contributed by atoms with Gasteiger partial charge in [-0.25, -0.2) is 4.39 Å². The van der Waals surface area contributed by atoms with Gasteiger partial charge >= 0.3 is 0 Å². The van der Waals surface area contributed by atoms with Crippen LogP contribution in [0, 0.1) is 5.82 Å². The topological polar surface area (TPSA) is 38.3 Å². The average Bonchev–Trinajstić information content (AvgIpc) is 2.31. The van der Waals surface area contributed by atoms with E-state index in [0.717, 1.165) is 12.8 Å². The van der Waals surface area contributed by atoms with E-state index in [4.69, 9.17) is 4.74 Å². The van der Waals surface area contributed by atoms with Gasteiger partial charge in [0.1, 0.15) is 11.6 Å². The molecule has 0 aromatic heterocycles. The van der Waals surface area contributed by atoms with Gasteiger partial charge in [0.05, 0.1) is 4.47 Å². The summed E-state index contributed by atoms with van der Waals surface area (Å²) in [5.74, 6) is -0.0624. The zero-order chi connectivity index (χ0) is 12.7. The van der Waals surface area contributed by atoms with Gasteiger partial charge in [-0.15, -0.1) is 0 Å².